The monoisotopic (exact) mass is 607 g/mol. The van der Waals surface area contributed by atoms with Gasteiger partial charge in [0.2, 0.25) is 0 Å². The largest absolute Gasteiger partial charge is 0.496 e. The molecule has 42 heavy (non-hydrogen) atoms. The Bertz CT molecular complexity index is 1690. The Morgan fingerprint density at radius 1 is 1.14 bits per heavy atom. The third-order valence-electron chi connectivity index (χ3n) is 6.69. The molecule has 1 atom stereocenters. The summed E-state index contributed by atoms with van der Waals surface area (Å²) in [5.41, 5.74) is 6.68. The summed E-state index contributed by atoms with van der Waals surface area (Å²) < 4.78 is 30.1. The lowest BCUT2D eigenvalue weighted by atomic mass is 10.1. The van der Waals surface area contributed by atoms with E-state index in [1.54, 1.807) is 33.3 Å². The van der Waals surface area contributed by atoms with Gasteiger partial charge >= 0.3 is 0 Å². The first-order chi connectivity index (χ1) is 20.4. The Morgan fingerprint density at radius 3 is 2.71 bits per heavy atom. The molecule has 218 valence electrons. The molecule has 0 aliphatic carbocycles. The van der Waals surface area contributed by atoms with Gasteiger partial charge in [-0.05, 0) is 30.0 Å². The highest BCUT2D eigenvalue weighted by atomic mass is 32.2. The summed E-state index contributed by atoms with van der Waals surface area (Å²) in [6.07, 6.45) is 1.87. The summed E-state index contributed by atoms with van der Waals surface area (Å²) in [6.45, 7) is 1.29. The molecule has 1 aliphatic rings. The van der Waals surface area contributed by atoms with Crippen LogP contribution in [0.4, 0.5) is 0 Å². The minimum Gasteiger partial charge on any atom is -0.496 e. The fourth-order valence-electron chi connectivity index (χ4n) is 4.40. The van der Waals surface area contributed by atoms with Gasteiger partial charge < -0.3 is 28.3 Å². The number of likely N-dealkylation sites (N-methyl/N-ethyl adjacent to an activating group) is 1. The number of ether oxygens (including phenoxy) is 4. The van der Waals surface area contributed by atoms with Crippen LogP contribution in [-0.2, 0) is 16.1 Å². The Morgan fingerprint density at radius 2 is 1.98 bits per heavy atom. The quantitative estimate of drug-likeness (QED) is 0.212. The second-order valence-electron chi connectivity index (χ2n) is 9.47. The molecular weight excluding hydrogens is 578 g/mol. The number of aromatic nitrogens is 3. The Balaban J connectivity index is 1.16. The number of rotatable bonds is 11. The van der Waals surface area contributed by atoms with E-state index in [-0.39, 0.29) is 18.1 Å². The maximum absolute atomic E-state index is 12.6. The first-order valence-corrected chi connectivity index (χ1v) is 14.8. The predicted octanol–water partition coefficient (Wildman–Crippen LogP) is 5.31. The molecule has 0 saturated heterocycles. The molecule has 0 bridgehead atoms. The van der Waals surface area contributed by atoms with Gasteiger partial charge in [-0.15, -0.1) is 11.3 Å². The van der Waals surface area contributed by atoms with Gasteiger partial charge in [0.1, 0.15) is 34.4 Å². The van der Waals surface area contributed by atoms with Gasteiger partial charge in [-0.2, -0.15) is 0 Å². The van der Waals surface area contributed by atoms with E-state index in [1.807, 2.05) is 58.7 Å². The number of imidazole rings is 1. The van der Waals surface area contributed by atoms with Crippen molar-refractivity contribution in [2.24, 2.45) is 0 Å². The summed E-state index contributed by atoms with van der Waals surface area (Å²) in [5.74, 6) is 1.80. The standard InChI is InChI=1S/C29H29N5O6S2/c1-33(9-10-36-2)27(35)18-7-5-17(6-8-18)26-30-19(16-41-26)15-39-23-11-20(37-3)12-24-21(23)13-25(40-24)22-14-34-28(31-22)42-29(32-34)38-4/h5-8,11-14,16,29,32H,9-10,15H2,1-4H3. The van der Waals surface area contributed by atoms with E-state index in [1.165, 1.54) is 23.1 Å². The maximum atomic E-state index is 12.6. The Labute approximate surface area is 250 Å². The number of thiazole rings is 1. The minimum atomic E-state index is -0.172. The fourth-order valence-corrected chi connectivity index (χ4v) is 6.04. The molecule has 13 heteroatoms. The molecule has 3 aromatic heterocycles. The van der Waals surface area contributed by atoms with Gasteiger partial charge in [-0.3, -0.25) is 10.2 Å². The van der Waals surface area contributed by atoms with Crippen molar-refractivity contribution in [2.75, 3.05) is 47.0 Å². The predicted molar refractivity (Wildman–Crippen MR) is 161 cm³/mol. The summed E-state index contributed by atoms with van der Waals surface area (Å²) in [6, 6.07) is 13.0. The highest BCUT2D eigenvalue weighted by molar-refractivity contribution is 7.99. The van der Waals surface area contributed by atoms with Crippen LogP contribution in [0, 0.1) is 0 Å². The molecule has 1 aliphatic heterocycles. The van der Waals surface area contributed by atoms with Crippen molar-refractivity contribution in [2.45, 2.75) is 17.3 Å². The van der Waals surface area contributed by atoms with Crippen LogP contribution in [0.3, 0.4) is 0 Å². The lowest BCUT2D eigenvalue weighted by Gasteiger charge is -2.16. The van der Waals surface area contributed by atoms with Crippen LogP contribution >= 0.6 is 23.1 Å². The number of thioether (sulfide) groups is 1. The normalized spacial score (nSPS) is 14.1. The first-order valence-electron chi connectivity index (χ1n) is 13.0. The summed E-state index contributed by atoms with van der Waals surface area (Å²) in [4.78, 5) is 23.7. The topological polar surface area (TPSA) is 113 Å². The van der Waals surface area contributed by atoms with Gasteiger partial charge in [0.15, 0.2) is 16.5 Å². The molecule has 0 saturated carbocycles. The van der Waals surface area contributed by atoms with Crippen molar-refractivity contribution < 1.29 is 28.2 Å². The molecule has 1 N–H and O–H groups in total. The van der Waals surface area contributed by atoms with E-state index in [4.69, 9.17) is 28.3 Å². The molecular formula is C29H29N5O6S2. The lowest BCUT2D eigenvalue weighted by molar-refractivity contribution is 0.0744. The van der Waals surface area contributed by atoms with Crippen LogP contribution < -0.4 is 14.9 Å². The van der Waals surface area contributed by atoms with Gasteiger partial charge in [0.25, 0.3) is 5.91 Å². The van der Waals surface area contributed by atoms with E-state index in [2.05, 4.69) is 10.4 Å². The number of nitrogens with one attached hydrogen (secondary N) is 1. The molecule has 1 amide bonds. The van der Waals surface area contributed by atoms with Crippen LogP contribution in [0.25, 0.3) is 33.0 Å². The van der Waals surface area contributed by atoms with Crippen molar-refractivity contribution >= 4 is 40.0 Å². The highest BCUT2D eigenvalue weighted by Gasteiger charge is 2.25. The van der Waals surface area contributed by atoms with Crippen molar-refractivity contribution in [3.8, 4) is 33.5 Å². The number of fused-ring (bicyclic) bond motifs is 2. The molecule has 0 radical (unpaired) electrons. The molecule has 0 spiro atoms. The summed E-state index contributed by atoms with van der Waals surface area (Å²) >= 11 is 3.01. The molecule has 11 nitrogen and oxygen atoms in total. The number of benzene rings is 2. The van der Waals surface area contributed by atoms with Crippen molar-refractivity contribution in [3.63, 3.8) is 0 Å². The zero-order chi connectivity index (χ0) is 29.2. The van der Waals surface area contributed by atoms with Crippen molar-refractivity contribution in [1.82, 2.24) is 19.5 Å². The van der Waals surface area contributed by atoms with Crippen molar-refractivity contribution in [1.29, 1.82) is 0 Å². The minimum absolute atomic E-state index is 0.0499. The zero-order valence-electron chi connectivity index (χ0n) is 23.4. The number of amides is 1. The van der Waals surface area contributed by atoms with E-state index in [9.17, 15) is 4.79 Å². The van der Waals surface area contributed by atoms with E-state index < -0.39 is 0 Å². The number of hydrogen-bond donors (Lipinski definition) is 1. The number of carbonyl (C=O) groups excluding carboxylic acids is 1. The summed E-state index contributed by atoms with van der Waals surface area (Å²) in [7, 11) is 6.63. The smallest absolute Gasteiger partial charge is 0.253 e. The molecule has 1 unspecified atom stereocenters. The van der Waals surface area contributed by atoms with Gasteiger partial charge in [-0.25, -0.2) is 14.6 Å². The van der Waals surface area contributed by atoms with E-state index in [0.29, 0.717) is 47.3 Å². The van der Waals surface area contributed by atoms with E-state index >= 15 is 0 Å². The molecule has 6 rings (SSSR count). The number of carbonyl (C=O) groups is 1. The highest BCUT2D eigenvalue weighted by Crippen LogP contribution is 2.38. The van der Waals surface area contributed by atoms with Crippen LogP contribution in [0.2, 0.25) is 0 Å². The third-order valence-corrected chi connectivity index (χ3v) is 8.64. The third kappa shape index (κ3) is 5.68. The number of nitrogens with zero attached hydrogens (tertiary/aromatic N) is 4. The summed E-state index contributed by atoms with van der Waals surface area (Å²) in [5, 5.41) is 4.41. The van der Waals surface area contributed by atoms with Gasteiger partial charge in [-0.1, -0.05) is 12.1 Å². The van der Waals surface area contributed by atoms with Crippen LogP contribution in [-0.4, -0.2) is 72.5 Å². The van der Waals surface area contributed by atoms with Crippen LogP contribution in [0.1, 0.15) is 16.1 Å². The van der Waals surface area contributed by atoms with E-state index in [0.717, 1.165) is 26.8 Å². The number of methoxy groups -OCH3 is 3. The Kier molecular flexibility index (Phi) is 8.07. The van der Waals surface area contributed by atoms with Crippen molar-refractivity contribution in [3.05, 3.63) is 65.3 Å². The number of hydrogen-bond acceptors (Lipinski definition) is 11. The maximum Gasteiger partial charge on any atom is 0.253 e. The molecule has 5 aromatic rings. The lowest BCUT2D eigenvalue weighted by Crippen LogP contribution is -2.29. The zero-order valence-corrected chi connectivity index (χ0v) is 25.1. The fraction of sp³-hybridized carbons (Fsp3) is 0.276. The van der Waals surface area contributed by atoms with Gasteiger partial charge in [0, 0.05) is 56.5 Å². The average Bonchev–Trinajstić information content (AvgIpc) is 3.81. The first kappa shape index (κ1) is 28.1. The number of furan rings is 1. The van der Waals surface area contributed by atoms with Crippen LogP contribution in [0.5, 0.6) is 11.5 Å². The SMILES string of the molecule is COCCN(C)C(=O)c1ccc(-c2nc(COc3cc(OC)cc4oc(-c5cn6c(n5)SC(OC)N6)cc34)cs2)cc1. The average molecular weight is 608 g/mol. The van der Waals surface area contributed by atoms with Gasteiger partial charge in [0.05, 0.1) is 31.0 Å². The second-order valence-corrected chi connectivity index (χ2v) is 11.4. The molecule has 2 aromatic carbocycles. The Hall–Kier alpha value is -4.04. The molecule has 4 heterocycles. The second kappa shape index (κ2) is 12.1. The van der Waals surface area contributed by atoms with Crippen LogP contribution in [0.15, 0.2) is 63.6 Å². The molecule has 0 fully saturated rings.